The number of benzene rings is 2. The first kappa shape index (κ1) is 19.8. The van der Waals surface area contributed by atoms with Gasteiger partial charge in [-0.05, 0) is 35.9 Å². The molecule has 1 heterocycles. The van der Waals surface area contributed by atoms with Crippen molar-refractivity contribution in [2.24, 2.45) is 0 Å². The molecular weight excluding hydrogens is 376 g/mol. The zero-order valence-corrected chi connectivity index (χ0v) is 15.4. The Balaban J connectivity index is 1.44. The lowest BCUT2D eigenvalue weighted by Gasteiger charge is -2.18. The van der Waals surface area contributed by atoms with Crippen molar-refractivity contribution in [1.82, 2.24) is 0 Å². The molecule has 8 nitrogen and oxygen atoms in total. The molecule has 0 saturated carbocycles. The largest absolute Gasteiger partial charge is 0.486 e. The Morgan fingerprint density at radius 3 is 2.62 bits per heavy atom. The first-order valence-electron chi connectivity index (χ1n) is 8.78. The standard InChI is InChI=1S/C21H18N2O6/c22-9-10-26-17-5-1-15(2-6-17)3-8-21(25)29-14-20(24)23-16-4-7-18-19(13-16)28-12-11-27-18/h1-8,13H,10-12,14H2,(H,23,24)/b8-3+. The van der Waals surface area contributed by atoms with Crippen molar-refractivity contribution in [3.05, 3.63) is 54.1 Å². The zero-order valence-electron chi connectivity index (χ0n) is 15.4. The Bertz CT molecular complexity index is 947. The number of anilines is 1. The number of carbonyl (C=O) groups is 2. The summed E-state index contributed by atoms with van der Waals surface area (Å²) in [7, 11) is 0. The Morgan fingerprint density at radius 2 is 1.86 bits per heavy atom. The maximum Gasteiger partial charge on any atom is 0.331 e. The van der Waals surface area contributed by atoms with Crippen molar-refractivity contribution in [3.63, 3.8) is 0 Å². The SMILES string of the molecule is N#CCOc1ccc(/C=C/C(=O)OCC(=O)Nc2ccc3c(c2)OCCO3)cc1. The van der Waals surface area contributed by atoms with Gasteiger partial charge in [-0.15, -0.1) is 0 Å². The minimum absolute atomic E-state index is 0.0319. The predicted octanol–water partition coefficient (Wildman–Crippen LogP) is 2.56. The molecule has 0 fully saturated rings. The van der Waals surface area contributed by atoms with E-state index in [2.05, 4.69) is 5.32 Å². The molecule has 148 valence electrons. The molecule has 0 unspecified atom stereocenters. The Labute approximate surface area is 167 Å². The van der Waals surface area contributed by atoms with Gasteiger partial charge in [0.2, 0.25) is 0 Å². The number of rotatable bonds is 7. The summed E-state index contributed by atoms with van der Waals surface area (Å²) in [5.41, 5.74) is 1.26. The lowest BCUT2D eigenvalue weighted by molar-refractivity contribution is -0.142. The minimum atomic E-state index is -0.646. The lowest BCUT2D eigenvalue weighted by Crippen LogP contribution is -2.20. The van der Waals surface area contributed by atoms with Crippen LogP contribution in [-0.4, -0.2) is 38.3 Å². The predicted molar refractivity (Wildman–Crippen MR) is 104 cm³/mol. The van der Waals surface area contributed by atoms with Gasteiger partial charge in [-0.25, -0.2) is 4.79 Å². The number of hydrogen-bond donors (Lipinski definition) is 1. The molecule has 3 rings (SSSR count). The molecule has 0 spiro atoms. The summed E-state index contributed by atoms with van der Waals surface area (Å²) in [6.45, 7) is 0.486. The fraction of sp³-hybridized carbons (Fsp3) is 0.190. The quantitative estimate of drug-likeness (QED) is 0.568. The van der Waals surface area contributed by atoms with E-state index in [-0.39, 0.29) is 6.61 Å². The monoisotopic (exact) mass is 394 g/mol. The van der Waals surface area contributed by atoms with E-state index in [4.69, 9.17) is 24.2 Å². The van der Waals surface area contributed by atoms with Crippen LogP contribution in [0.1, 0.15) is 5.56 Å². The van der Waals surface area contributed by atoms with Gasteiger partial charge in [0, 0.05) is 17.8 Å². The first-order chi connectivity index (χ1) is 14.1. The summed E-state index contributed by atoms with van der Waals surface area (Å²) in [6, 6.07) is 13.7. The molecule has 8 heteroatoms. The number of fused-ring (bicyclic) bond motifs is 1. The van der Waals surface area contributed by atoms with E-state index >= 15 is 0 Å². The van der Waals surface area contributed by atoms with E-state index in [0.717, 1.165) is 5.56 Å². The van der Waals surface area contributed by atoms with E-state index in [1.165, 1.54) is 6.08 Å². The summed E-state index contributed by atoms with van der Waals surface area (Å²) in [6.07, 6.45) is 2.78. The highest BCUT2D eigenvalue weighted by Gasteiger charge is 2.13. The molecule has 0 bridgehead atoms. The first-order valence-corrected chi connectivity index (χ1v) is 8.78. The molecule has 2 aromatic rings. The van der Waals surface area contributed by atoms with Gasteiger partial charge in [-0.2, -0.15) is 5.26 Å². The summed E-state index contributed by atoms with van der Waals surface area (Å²) < 4.78 is 20.9. The van der Waals surface area contributed by atoms with E-state index in [1.807, 2.05) is 6.07 Å². The summed E-state index contributed by atoms with van der Waals surface area (Å²) in [5, 5.41) is 11.1. The number of carbonyl (C=O) groups excluding carboxylic acids is 2. The molecule has 0 radical (unpaired) electrons. The smallest absolute Gasteiger partial charge is 0.331 e. The van der Waals surface area contributed by atoms with Gasteiger partial charge in [-0.3, -0.25) is 4.79 Å². The normalized spacial score (nSPS) is 12.1. The number of hydrogen-bond acceptors (Lipinski definition) is 7. The van der Waals surface area contributed by atoms with E-state index in [0.29, 0.717) is 36.1 Å². The van der Waals surface area contributed by atoms with Crippen LogP contribution in [0, 0.1) is 11.3 Å². The van der Waals surface area contributed by atoms with Crippen molar-refractivity contribution >= 4 is 23.6 Å². The molecule has 1 aliphatic rings. The van der Waals surface area contributed by atoms with Gasteiger partial charge >= 0.3 is 5.97 Å². The number of nitriles is 1. The summed E-state index contributed by atoms with van der Waals surface area (Å²) in [5.74, 6) is 0.616. The van der Waals surface area contributed by atoms with Crippen molar-refractivity contribution in [3.8, 4) is 23.3 Å². The molecule has 0 aromatic heterocycles. The Hall–Kier alpha value is -3.99. The number of amides is 1. The fourth-order valence-electron chi connectivity index (χ4n) is 2.46. The Morgan fingerprint density at radius 1 is 1.10 bits per heavy atom. The van der Waals surface area contributed by atoms with Crippen molar-refractivity contribution in [2.45, 2.75) is 0 Å². The average Bonchev–Trinajstić information content (AvgIpc) is 2.75. The topological polar surface area (TPSA) is 107 Å². The van der Waals surface area contributed by atoms with Crippen LogP contribution >= 0.6 is 0 Å². The number of nitrogens with zero attached hydrogens (tertiary/aromatic N) is 1. The number of ether oxygens (including phenoxy) is 4. The Kier molecular flexibility index (Phi) is 6.68. The van der Waals surface area contributed by atoms with Gasteiger partial charge in [0.1, 0.15) is 25.0 Å². The molecule has 1 N–H and O–H groups in total. The van der Waals surface area contributed by atoms with Crippen LogP contribution in [0.2, 0.25) is 0 Å². The maximum absolute atomic E-state index is 12.0. The van der Waals surface area contributed by atoms with Crippen molar-refractivity contribution < 1.29 is 28.5 Å². The van der Waals surface area contributed by atoms with Crippen LogP contribution in [0.25, 0.3) is 6.08 Å². The van der Waals surface area contributed by atoms with Crippen LogP contribution in [0.4, 0.5) is 5.69 Å². The van der Waals surface area contributed by atoms with Gasteiger partial charge in [0.05, 0.1) is 0 Å². The van der Waals surface area contributed by atoms with E-state index in [9.17, 15) is 9.59 Å². The minimum Gasteiger partial charge on any atom is -0.486 e. The zero-order chi connectivity index (χ0) is 20.5. The molecule has 0 saturated heterocycles. The van der Waals surface area contributed by atoms with Crippen molar-refractivity contribution in [1.29, 1.82) is 5.26 Å². The van der Waals surface area contributed by atoms with Gasteiger partial charge in [-0.1, -0.05) is 12.1 Å². The second-order valence-corrected chi connectivity index (χ2v) is 5.86. The average molecular weight is 394 g/mol. The van der Waals surface area contributed by atoms with Gasteiger partial charge < -0.3 is 24.3 Å². The van der Waals surface area contributed by atoms with Crippen LogP contribution in [-0.2, 0) is 14.3 Å². The van der Waals surface area contributed by atoms with Crippen LogP contribution < -0.4 is 19.5 Å². The molecular formula is C21H18N2O6. The lowest BCUT2D eigenvalue weighted by atomic mass is 10.2. The molecule has 2 aromatic carbocycles. The van der Waals surface area contributed by atoms with Gasteiger partial charge in [0.25, 0.3) is 5.91 Å². The van der Waals surface area contributed by atoms with Gasteiger partial charge in [0.15, 0.2) is 24.7 Å². The van der Waals surface area contributed by atoms with Crippen LogP contribution in [0.15, 0.2) is 48.5 Å². The second kappa shape index (κ2) is 9.80. The number of esters is 1. The highest BCUT2D eigenvalue weighted by atomic mass is 16.6. The third kappa shape index (κ3) is 6.01. The summed E-state index contributed by atoms with van der Waals surface area (Å²) in [4.78, 5) is 23.7. The third-order valence-corrected chi connectivity index (χ3v) is 3.77. The fourth-order valence-corrected chi connectivity index (χ4v) is 2.46. The number of nitrogens with one attached hydrogen (secondary N) is 1. The molecule has 1 amide bonds. The van der Waals surface area contributed by atoms with E-state index < -0.39 is 18.5 Å². The summed E-state index contributed by atoms with van der Waals surface area (Å²) >= 11 is 0. The highest BCUT2D eigenvalue weighted by molar-refractivity contribution is 5.94. The molecule has 0 aliphatic carbocycles. The second-order valence-electron chi connectivity index (χ2n) is 5.86. The molecule has 29 heavy (non-hydrogen) atoms. The maximum atomic E-state index is 12.0. The third-order valence-electron chi connectivity index (χ3n) is 3.77. The molecule has 0 atom stereocenters. The van der Waals surface area contributed by atoms with Crippen LogP contribution in [0.3, 0.4) is 0 Å². The molecule has 1 aliphatic heterocycles. The highest BCUT2D eigenvalue weighted by Crippen LogP contribution is 2.32. The van der Waals surface area contributed by atoms with Crippen molar-refractivity contribution in [2.75, 3.05) is 31.7 Å². The van der Waals surface area contributed by atoms with E-state index in [1.54, 1.807) is 48.5 Å². The van der Waals surface area contributed by atoms with Crippen LogP contribution in [0.5, 0.6) is 17.2 Å².